The van der Waals surface area contributed by atoms with Crippen LogP contribution >= 0.6 is 0 Å². The van der Waals surface area contributed by atoms with Crippen LogP contribution in [0.3, 0.4) is 0 Å². The summed E-state index contributed by atoms with van der Waals surface area (Å²) < 4.78 is 0. The molecule has 2 atom stereocenters. The maximum atomic E-state index is 2.38. The van der Waals surface area contributed by atoms with E-state index in [9.17, 15) is 0 Å². The van der Waals surface area contributed by atoms with Crippen LogP contribution in [0.25, 0.3) is 0 Å². The average molecular weight is 175 g/mol. The van der Waals surface area contributed by atoms with Crippen molar-refractivity contribution >= 4 is 5.69 Å². The second-order valence-electron chi connectivity index (χ2n) is 4.20. The second-order valence-corrected chi connectivity index (χ2v) is 4.20. The largest absolute Gasteiger partial charge is 0.371 e. The van der Waals surface area contributed by atoms with E-state index in [1.807, 2.05) is 0 Å². The number of likely N-dealkylation sites (N-methyl/N-ethyl adjacent to an activating group) is 1. The molecule has 0 fully saturated rings. The zero-order chi connectivity index (χ0) is 9.59. The molecule has 2 unspecified atom stereocenters. The first-order valence-electron chi connectivity index (χ1n) is 4.94. The van der Waals surface area contributed by atoms with Gasteiger partial charge >= 0.3 is 0 Å². The topological polar surface area (TPSA) is 3.24 Å². The molecule has 0 aromatic heterocycles. The van der Waals surface area contributed by atoms with Crippen molar-refractivity contribution in [2.24, 2.45) is 0 Å². The van der Waals surface area contributed by atoms with Gasteiger partial charge in [0.1, 0.15) is 0 Å². The number of benzene rings is 1. The van der Waals surface area contributed by atoms with Gasteiger partial charge in [-0.25, -0.2) is 0 Å². The average Bonchev–Trinajstić information content (AvgIpc) is 2.32. The lowest BCUT2D eigenvalue weighted by atomic mass is 9.98. The number of hydrogen-bond acceptors (Lipinski definition) is 1. The fourth-order valence-corrected chi connectivity index (χ4v) is 2.16. The van der Waals surface area contributed by atoms with Crippen molar-refractivity contribution in [2.45, 2.75) is 32.7 Å². The number of nitrogens with zero attached hydrogens (tertiary/aromatic N) is 1. The Bertz CT molecular complexity index is 330. The Balaban J connectivity index is 2.54. The van der Waals surface area contributed by atoms with E-state index in [0.29, 0.717) is 12.0 Å². The van der Waals surface area contributed by atoms with Crippen LogP contribution in [0.2, 0.25) is 0 Å². The van der Waals surface area contributed by atoms with E-state index < -0.39 is 0 Å². The maximum absolute atomic E-state index is 2.38. The van der Waals surface area contributed by atoms with E-state index in [4.69, 9.17) is 0 Å². The third kappa shape index (κ3) is 1.14. The monoisotopic (exact) mass is 175 g/mol. The highest BCUT2D eigenvalue weighted by molar-refractivity contribution is 5.62. The minimum absolute atomic E-state index is 0.636. The van der Waals surface area contributed by atoms with Crippen LogP contribution in [-0.4, -0.2) is 13.1 Å². The lowest BCUT2D eigenvalue weighted by molar-refractivity contribution is 0.626. The molecule has 1 aliphatic rings. The van der Waals surface area contributed by atoms with E-state index in [1.54, 1.807) is 0 Å². The fraction of sp³-hybridized carbons (Fsp3) is 0.500. The molecule has 70 valence electrons. The first kappa shape index (κ1) is 8.61. The molecular formula is C12H17N. The van der Waals surface area contributed by atoms with Gasteiger partial charge in [-0.15, -0.1) is 0 Å². The van der Waals surface area contributed by atoms with E-state index in [2.05, 4.69) is 50.9 Å². The normalized spacial score (nSPS) is 26.3. The first-order chi connectivity index (χ1) is 6.11. The van der Waals surface area contributed by atoms with Gasteiger partial charge in [0, 0.05) is 24.7 Å². The highest BCUT2D eigenvalue weighted by atomic mass is 15.2. The smallest absolute Gasteiger partial charge is 0.0404 e. The van der Waals surface area contributed by atoms with E-state index in [-0.39, 0.29) is 0 Å². The lowest BCUT2D eigenvalue weighted by Gasteiger charge is -2.20. The van der Waals surface area contributed by atoms with Gasteiger partial charge in [-0.2, -0.15) is 0 Å². The number of anilines is 1. The van der Waals surface area contributed by atoms with Gasteiger partial charge in [0.2, 0.25) is 0 Å². The summed E-state index contributed by atoms with van der Waals surface area (Å²) in [6, 6.07) is 7.41. The molecule has 1 aliphatic heterocycles. The van der Waals surface area contributed by atoms with Crippen molar-refractivity contribution in [1.29, 1.82) is 0 Å². The molecule has 2 rings (SSSR count). The molecule has 0 N–H and O–H groups in total. The van der Waals surface area contributed by atoms with Crippen molar-refractivity contribution in [3.63, 3.8) is 0 Å². The quantitative estimate of drug-likeness (QED) is 0.586. The second kappa shape index (κ2) is 2.76. The third-order valence-electron chi connectivity index (χ3n) is 3.39. The SMILES string of the molecule is Cc1ccc2c(c1)N(C)C(C)C2C. The van der Waals surface area contributed by atoms with E-state index in [1.165, 1.54) is 16.8 Å². The minimum Gasteiger partial charge on any atom is -0.371 e. The van der Waals surface area contributed by atoms with Crippen LogP contribution in [0.4, 0.5) is 5.69 Å². The molecular weight excluding hydrogens is 158 g/mol. The van der Waals surface area contributed by atoms with Gasteiger partial charge in [-0.05, 0) is 31.0 Å². The van der Waals surface area contributed by atoms with E-state index >= 15 is 0 Å². The Kier molecular flexibility index (Phi) is 1.83. The summed E-state index contributed by atoms with van der Waals surface area (Å²) in [6.45, 7) is 6.75. The predicted octanol–water partition coefficient (Wildman–Crippen LogP) is 2.94. The van der Waals surface area contributed by atoms with Gasteiger partial charge in [-0.3, -0.25) is 0 Å². The molecule has 0 saturated heterocycles. The van der Waals surface area contributed by atoms with Crippen LogP contribution in [0.1, 0.15) is 30.9 Å². The molecule has 13 heavy (non-hydrogen) atoms. The molecule has 0 aliphatic carbocycles. The van der Waals surface area contributed by atoms with Crippen LogP contribution in [0.15, 0.2) is 18.2 Å². The van der Waals surface area contributed by atoms with Gasteiger partial charge in [0.15, 0.2) is 0 Å². The van der Waals surface area contributed by atoms with Gasteiger partial charge in [-0.1, -0.05) is 19.1 Å². The Morgan fingerprint density at radius 3 is 2.62 bits per heavy atom. The van der Waals surface area contributed by atoms with E-state index in [0.717, 1.165) is 0 Å². The minimum atomic E-state index is 0.636. The van der Waals surface area contributed by atoms with Gasteiger partial charge in [0.05, 0.1) is 0 Å². The van der Waals surface area contributed by atoms with Crippen molar-refractivity contribution in [1.82, 2.24) is 0 Å². The predicted molar refractivity (Wildman–Crippen MR) is 57.5 cm³/mol. The molecule has 1 heteroatoms. The van der Waals surface area contributed by atoms with Crippen LogP contribution < -0.4 is 4.90 Å². The van der Waals surface area contributed by atoms with Crippen molar-refractivity contribution in [2.75, 3.05) is 11.9 Å². The number of fused-ring (bicyclic) bond motifs is 1. The van der Waals surface area contributed by atoms with Crippen molar-refractivity contribution < 1.29 is 0 Å². The third-order valence-corrected chi connectivity index (χ3v) is 3.39. The molecule has 0 bridgehead atoms. The summed E-state index contributed by atoms with van der Waals surface area (Å²) in [5.74, 6) is 0.667. The van der Waals surface area contributed by atoms with Crippen molar-refractivity contribution in [3.05, 3.63) is 29.3 Å². The summed E-state index contributed by atoms with van der Waals surface area (Å²) in [5, 5.41) is 0. The maximum Gasteiger partial charge on any atom is 0.0404 e. The molecule has 0 radical (unpaired) electrons. The first-order valence-corrected chi connectivity index (χ1v) is 4.94. The molecule has 1 aromatic carbocycles. The summed E-state index contributed by atoms with van der Waals surface area (Å²) in [6.07, 6.45) is 0. The Hall–Kier alpha value is -0.980. The Labute approximate surface area is 80.4 Å². The standard InChI is InChI=1S/C12H17N/c1-8-5-6-11-9(2)10(3)13(4)12(11)7-8/h5-7,9-10H,1-4H3. The molecule has 0 saturated carbocycles. The number of rotatable bonds is 0. The zero-order valence-electron chi connectivity index (χ0n) is 8.83. The Morgan fingerprint density at radius 2 is 1.92 bits per heavy atom. The van der Waals surface area contributed by atoms with Crippen LogP contribution in [-0.2, 0) is 0 Å². The zero-order valence-corrected chi connectivity index (χ0v) is 8.83. The highest BCUT2D eigenvalue weighted by Gasteiger charge is 2.29. The summed E-state index contributed by atoms with van der Waals surface area (Å²) in [5.41, 5.74) is 4.27. The summed E-state index contributed by atoms with van der Waals surface area (Å²) in [7, 11) is 2.19. The fourth-order valence-electron chi connectivity index (χ4n) is 2.16. The molecule has 1 aromatic rings. The molecule has 0 amide bonds. The van der Waals surface area contributed by atoms with Gasteiger partial charge < -0.3 is 4.90 Å². The van der Waals surface area contributed by atoms with Crippen LogP contribution in [0.5, 0.6) is 0 Å². The highest BCUT2D eigenvalue weighted by Crippen LogP contribution is 2.39. The van der Waals surface area contributed by atoms with Gasteiger partial charge in [0.25, 0.3) is 0 Å². The summed E-state index contributed by atoms with van der Waals surface area (Å²) >= 11 is 0. The number of hydrogen-bond donors (Lipinski definition) is 0. The van der Waals surface area contributed by atoms with Crippen LogP contribution in [0, 0.1) is 6.92 Å². The lowest BCUT2D eigenvalue weighted by Crippen LogP contribution is -2.25. The molecule has 1 heterocycles. The number of aryl methyl sites for hydroxylation is 1. The van der Waals surface area contributed by atoms with Crippen molar-refractivity contribution in [3.8, 4) is 0 Å². The summed E-state index contributed by atoms with van der Waals surface area (Å²) in [4.78, 5) is 2.38. The Morgan fingerprint density at radius 1 is 1.23 bits per heavy atom. The molecule has 1 nitrogen and oxygen atoms in total. The molecule has 0 spiro atoms.